The molecule has 0 heterocycles. The summed E-state index contributed by atoms with van der Waals surface area (Å²) in [6, 6.07) is 11.9. The Morgan fingerprint density at radius 2 is 2.00 bits per heavy atom. The van der Waals surface area contributed by atoms with Crippen molar-refractivity contribution in [3.8, 4) is 5.75 Å². The lowest BCUT2D eigenvalue weighted by Crippen LogP contribution is -1.96. The van der Waals surface area contributed by atoms with Crippen molar-refractivity contribution >= 4 is 17.0 Å². The van der Waals surface area contributed by atoms with Crippen LogP contribution in [0.4, 0.5) is 0 Å². The number of phenolic OH excluding ortho intramolecular Hbond substituents is 1. The van der Waals surface area contributed by atoms with Crippen LogP contribution < -0.4 is 0 Å². The zero-order valence-corrected chi connectivity index (χ0v) is 10.2. The van der Waals surface area contributed by atoms with E-state index in [0.29, 0.717) is 0 Å². The molecule has 2 aromatic rings. The molecule has 1 N–H and O–H groups in total. The fraction of sp³-hybridized carbons (Fsp3) is 0.267. The molecule has 2 nitrogen and oxygen atoms in total. The van der Waals surface area contributed by atoms with E-state index in [1.165, 1.54) is 0 Å². The van der Waals surface area contributed by atoms with Gasteiger partial charge in [-0.3, -0.25) is 4.99 Å². The van der Waals surface area contributed by atoms with Crippen LogP contribution in [-0.4, -0.2) is 17.4 Å². The number of nitrogens with zero attached hydrogens (tertiary/aromatic N) is 1. The zero-order chi connectivity index (χ0) is 12.3. The number of fused-ring (bicyclic) bond motifs is 1. The van der Waals surface area contributed by atoms with Gasteiger partial charge in [0, 0.05) is 17.8 Å². The van der Waals surface area contributed by atoms with E-state index in [9.17, 15) is 5.11 Å². The summed E-state index contributed by atoms with van der Waals surface area (Å²) < 4.78 is 0. The molecule has 0 amide bonds. The molecule has 0 saturated carbocycles. The first kappa shape index (κ1) is 11.6. The Morgan fingerprint density at radius 3 is 2.76 bits per heavy atom. The summed E-state index contributed by atoms with van der Waals surface area (Å²) in [4.78, 5) is 4.44. The highest BCUT2D eigenvalue weighted by Crippen LogP contribution is 2.25. The molecule has 0 unspecified atom stereocenters. The summed E-state index contributed by atoms with van der Waals surface area (Å²) in [7, 11) is 0. The van der Waals surface area contributed by atoms with Crippen LogP contribution in [0.3, 0.4) is 0 Å². The molecule has 0 fully saturated rings. The Bertz CT molecular complexity index is 546. The van der Waals surface area contributed by atoms with E-state index in [-0.39, 0.29) is 11.8 Å². The maximum atomic E-state index is 9.90. The topological polar surface area (TPSA) is 32.6 Å². The van der Waals surface area contributed by atoms with Gasteiger partial charge in [-0.2, -0.15) is 0 Å². The predicted octanol–water partition coefficient (Wildman–Crippen LogP) is 3.76. The number of aromatic hydroxyl groups is 1. The SMILES string of the molecule is CC[C@@H](C)N=Cc1c(O)ccc2ccccc12. The molecule has 2 aromatic carbocycles. The van der Waals surface area contributed by atoms with Gasteiger partial charge in [-0.15, -0.1) is 0 Å². The molecule has 0 aliphatic rings. The fourth-order valence-electron chi connectivity index (χ4n) is 1.73. The molecule has 1 atom stereocenters. The molecule has 2 rings (SSSR count). The van der Waals surface area contributed by atoms with Crippen molar-refractivity contribution in [1.29, 1.82) is 0 Å². The van der Waals surface area contributed by atoms with Gasteiger partial charge in [-0.1, -0.05) is 37.3 Å². The van der Waals surface area contributed by atoms with Crippen LogP contribution in [0.25, 0.3) is 10.8 Å². The summed E-state index contributed by atoms with van der Waals surface area (Å²) >= 11 is 0. The Hall–Kier alpha value is -1.83. The van der Waals surface area contributed by atoms with Crippen LogP contribution in [0.1, 0.15) is 25.8 Å². The quantitative estimate of drug-likeness (QED) is 0.795. The normalized spacial score (nSPS) is 13.3. The van der Waals surface area contributed by atoms with E-state index < -0.39 is 0 Å². The minimum atomic E-state index is 0.286. The predicted molar refractivity (Wildman–Crippen MR) is 73.0 cm³/mol. The molecule has 17 heavy (non-hydrogen) atoms. The van der Waals surface area contributed by atoms with Gasteiger partial charge < -0.3 is 5.11 Å². The summed E-state index contributed by atoms with van der Waals surface area (Å²) in [6.45, 7) is 4.17. The Balaban J connectivity index is 2.51. The van der Waals surface area contributed by atoms with Crippen LogP contribution in [0.15, 0.2) is 41.4 Å². The van der Waals surface area contributed by atoms with Gasteiger partial charge in [-0.05, 0) is 30.2 Å². The van der Waals surface area contributed by atoms with Gasteiger partial charge in [0.1, 0.15) is 5.75 Å². The van der Waals surface area contributed by atoms with Crippen molar-refractivity contribution in [3.63, 3.8) is 0 Å². The lowest BCUT2D eigenvalue weighted by atomic mass is 10.0. The van der Waals surface area contributed by atoms with Gasteiger partial charge in [0.15, 0.2) is 0 Å². The van der Waals surface area contributed by atoms with E-state index in [2.05, 4.69) is 18.8 Å². The highest BCUT2D eigenvalue weighted by molar-refractivity contribution is 6.02. The molecule has 0 bridgehead atoms. The lowest BCUT2D eigenvalue weighted by molar-refractivity contribution is 0.475. The van der Waals surface area contributed by atoms with E-state index in [1.54, 1.807) is 12.3 Å². The first-order valence-corrected chi connectivity index (χ1v) is 5.96. The number of benzene rings is 2. The van der Waals surface area contributed by atoms with Crippen LogP contribution in [-0.2, 0) is 0 Å². The summed E-state index contributed by atoms with van der Waals surface area (Å²) in [5.41, 5.74) is 0.809. The third-order valence-electron chi connectivity index (χ3n) is 3.00. The van der Waals surface area contributed by atoms with Crippen LogP contribution in [0, 0.1) is 0 Å². The molecular weight excluding hydrogens is 210 g/mol. The van der Waals surface area contributed by atoms with Gasteiger partial charge in [0.25, 0.3) is 0 Å². The average Bonchev–Trinajstić information content (AvgIpc) is 2.37. The third kappa shape index (κ3) is 2.47. The number of phenols is 1. The Kier molecular flexibility index (Phi) is 3.43. The number of hydrogen-bond donors (Lipinski definition) is 1. The molecule has 0 spiro atoms. The first-order valence-electron chi connectivity index (χ1n) is 5.96. The van der Waals surface area contributed by atoms with Crippen LogP contribution in [0.5, 0.6) is 5.75 Å². The van der Waals surface area contributed by atoms with Crippen molar-refractivity contribution in [2.45, 2.75) is 26.3 Å². The summed E-state index contributed by atoms with van der Waals surface area (Å²) in [5, 5.41) is 12.1. The first-order chi connectivity index (χ1) is 8.22. The second kappa shape index (κ2) is 5.00. The van der Waals surface area contributed by atoms with Crippen molar-refractivity contribution in [1.82, 2.24) is 0 Å². The third-order valence-corrected chi connectivity index (χ3v) is 3.00. The smallest absolute Gasteiger partial charge is 0.124 e. The Morgan fingerprint density at radius 1 is 1.24 bits per heavy atom. The van der Waals surface area contributed by atoms with Gasteiger partial charge in [0.05, 0.1) is 0 Å². The van der Waals surface area contributed by atoms with Gasteiger partial charge in [0.2, 0.25) is 0 Å². The van der Waals surface area contributed by atoms with Crippen molar-refractivity contribution < 1.29 is 5.11 Å². The van der Waals surface area contributed by atoms with Crippen LogP contribution in [0.2, 0.25) is 0 Å². The van der Waals surface area contributed by atoms with Crippen molar-refractivity contribution in [2.24, 2.45) is 4.99 Å². The molecule has 2 heteroatoms. The molecule has 0 aromatic heterocycles. The average molecular weight is 227 g/mol. The minimum Gasteiger partial charge on any atom is -0.507 e. The highest BCUT2D eigenvalue weighted by Gasteiger charge is 2.04. The second-order valence-corrected chi connectivity index (χ2v) is 4.25. The lowest BCUT2D eigenvalue weighted by Gasteiger charge is -2.06. The maximum absolute atomic E-state index is 9.90. The fourth-order valence-corrected chi connectivity index (χ4v) is 1.73. The Labute approximate surface area is 102 Å². The van der Waals surface area contributed by atoms with Crippen molar-refractivity contribution in [3.05, 3.63) is 42.0 Å². The highest BCUT2D eigenvalue weighted by atomic mass is 16.3. The molecule has 0 saturated heterocycles. The van der Waals surface area contributed by atoms with Crippen LogP contribution >= 0.6 is 0 Å². The van der Waals surface area contributed by atoms with E-state index in [0.717, 1.165) is 22.8 Å². The van der Waals surface area contributed by atoms with E-state index in [1.807, 2.05) is 30.3 Å². The standard InChI is InChI=1S/C15H17NO/c1-3-11(2)16-10-14-13-7-5-4-6-12(13)8-9-15(14)17/h4-11,17H,3H2,1-2H3/t11-/m1/s1. The molecule has 88 valence electrons. The maximum Gasteiger partial charge on any atom is 0.124 e. The largest absolute Gasteiger partial charge is 0.507 e. The molecule has 0 aliphatic heterocycles. The number of rotatable bonds is 3. The second-order valence-electron chi connectivity index (χ2n) is 4.25. The van der Waals surface area contributed by atoms with Crippen molar-refractivity contribution in [2.75, 3.05) is 0 Å². The molecular formula is C15H17NO. The van der Waals surface area contributed by atoms with E-state index in [4.69, 9.17) is 0 Å². The summed E-state index contributed by atoms with van der Waals surface area (Å²) in [6.07, 6.45) is 2.79. The van der Waals surface area contributed by atoms with E-state index >= 15 is 0 Å². The zero-order valence-electron chi connectivity index (χ0n) is 10.2. The summed E-state index contributed by atoms with van der Waals surface area (Å²) in [5.74, 6) is 0.288. The molecule has 0 radical (unpaired) electrons. The number of hydrogen-bond acceptors (Lipinski definition) is 2. The minimum absolute atomic E-state index is 0.286. The number of aliphatic imine (C=N–C) groups is 1. The van der Waals surface area contributed by atoms with Gasteiger partial charge in [-0.25, -0.2) is 0 Å². The molecule has 0 aliphatic carbocycles. The monoisotopic (exact) mass is 227 g/mol. The van der Waals surface area contributed by atoms with Gasteiger partial charge >= 0.3 is 0 Å².